The number of hydrogen-bond donors (Lipinski definition) is 1. The van der Waals surface area contributed by atoms with Gasteiger partial charge in [0, 0.05) is 25.0 Å². The van der Waals surface area contributed by atoms with Crippen molar-refractivity contribution in [2.45, 2.75) is 19.4 Å². The molecule has 5 heteroatoms. The largest absolute Gasteiger partial charge is 0.497 e. The highest BCUT2D eigenvalue weighted by atomic mass is 16.5. The lowest BCUT2D eigenvalue weighted by atomic mass is 10.1. The van der Waals surface area contributed by atoms with Crippen molar-refractivity contribution in [2.75, 3.05) is 20.3 Å². The van der Waals surface area contributed by atoms with Crippen molar-refractivity contribution in [2.24, 2.45) is 5.73 Å². The van der Waals surface area contributed by atoms with Gasteiger partial charge >= 0.3 is 0 Å². The third-order valence-corrected chi connectivity index (χ3v) is 3.07. The van der Waals surface area contributed by atoms with E-state index in [0.29, 0.717) is 13.2 Å². The van der Waals surface area contributed by atoms with E-state index in [0.717, 1.165) is 36.4 Å². The Morgan fingerprint density at radius 2 is 2.25 bits per heavy atom. The third-order valence-electron chi connectivity index (χ3n) is 3.07. The van der Waals surface area contributed by atoms with Gasteiger partial charge in [-0.2, -0.15) is 0 Å². The quantitative estimate of drug-likeness (QED) is 0.747. The summed E-state index contributed by atoms with van der Waals surface area (Å²) >= 11 is 0. The van der Waals surface area contributed by atoms with Crippen molar-refractivity contribution in [1.29, 1.82) is 0 Å². The second-order valence-electron chi connectivity index (χ2n) is 4.51. The SMILES string of the molecule is COc1ccc(CCN)c(OCCCn2ccnc2)c1. The van der Waals surface area contributed by atoms with Crippen LogP contribution in [0.25, 0.3) is 0 Å². The normalized spacial score (nSPS) is 10.5. The van der Waals surface area contributed by atoms with Gasteiger partial charge in [-0.25, -0.2) is 4.98 Å². The maximum Gasteiger partial charge on any atom is 0.126 e. The summed E-state index contributed by atoms with van der Waals surface area (Å²) in [5.41, 5.74) is 6.74. The smallest absolute Gasteiger partial charge is 0.126 e. The average molecular weight is 275 g/mol. The van der Waals surface area contributed by atoms with Crippen LogP contribution in [0.1, 0.15) is 12.0 Å². The fraction of sp³-hybridized carbons (Fsp3) is 0.400. The van der Waals surface area contributed by atoms with Crippen LogP contribution in [-0.4, -0.2) is 29.8 Å². The fourth-order valence-electron chi connectivity index (χ4n) is 2.01. The van der Waals surface area contributed by atoms with Crippen LogP contribution in [0.5, 0.6) is 11.5 Å². The standard InChI is InChI=1S/C15H21N3O2/c1-19-14-4-3-13(5-6-16)15(11-14)20-10-2-8-18-9-7-17-12-18/h3-4,7,9,11-12H,2,5-6,8,10,16H2,1H3. The molecule has 1 aromatic heterocycles. The molecule has 5 nitrogen and oxygen atoms in total. The maximum absolute atomic E-state index is 5.86. The van der Waals surface area contributed by atoms with Gasteiger partial charge in [0.1, 0.15) is 11.5 Å². The molecule has 0 spiro atoms. The summed E-state index contributed by atoms with van der Waals surface area (Å²) in [7, 11) is 1.65. The van der Waals surface area contributed by atoms with Crippen molar-refractivity contribution in [3.8, 4) is 11.5 Å². The summed E-state index contributed by atoms with van der Waals surface area (Å²) in [6.45, 7) is 2.16. The Morgan fingerprint density at radius 3 is 2.95 bits per heavy atom. The number of aryl methyl sites for hydroxylation is 1. The van der Waals surface area contributed by atoms with Crippen molar-refractivity contribution in [1.82, 2.24) is 9.55 Å². The Hall–Kier alpha value is -2.01. The molecule has 1 aromatic carbocycles. The van der Waals surface area contributed by atoms with E-state index in [1.54, 1.807) is 13.3 Å². The van der Waals surface area contributed by atoms with Crippen LogP contribution in [0, 0.1) is 0 Å². The van der Waals surface area contributed by atoms with E-state index in [-0.39, 0.29) is 0 Å². The first-order valence-electron chi connectivity index (χ1n) is 6.79. The molecule has 2 rings (SSSR count). The molecular formula is C15H21N3O2. The second kappa shape index (κ2) is 7.55. The molecular weight excluding hydrogens is 254 g/mol. The summed E-state index contributed by atoms with van der Waals surface area (Å²) in [4.78, 5) is 4.01. The van der Waals surface area contributed by atoms with E-state index in [1.165, 1.54) is 0 Å². The fourth-order valence-corrected chi connectivity index (χ4v) is 2.01. The zero-order valence-electron chi connectivity index (χ0n) is 11.8. The zero-order chi connectivity index (χ0) is 14.2. The lowest BCUT2D eigenvalue weighted by Gasteiger charge is -2.12. The van der Waals surface area contributed by atoms with E-state index in [2.05, 4.69) is 4.98 Å². The molecule has 0 amide bonds. The summed E-state index contributed by atoms with van der Waals surface area (Å²) in [6.07, 6.45) is 7.27. The first kappa shape index (κ1) is 14.4. The predicted molar refractivity (Wildman–Crippen MR) is 78.1 cm³/mol. The van der Waals surface area contributed by atoms with Gasteiger partial charge < -0.3 is 19.8 Å². The van der Waals surface area contributed by atoms with E-state index in [9.17, 15) is 0 Å². The van der Waals surface area contributed by atoms with Crippen LogP contribution in [0.3, 0.4) is 0 Å². The van der Waals surface area contributed by atoms with Gasteiger partial charge in [-0.05, 0) is 31.0 Å². The van der Waals surface area contributed by atoms with Crippen LogP contribution < -0.4 is 15.2 Å². The molecule has 0 saturated heterocycles. The summed E-state index contributed by atoms with van der Waals surface area (Å²) in [5, 5.41) is 0. The van der Waals surface area contributed by atoms with Crippen LogP contribution in [0.4, 0.5) is 0 Å². The molecule has 0 radical (unpaired) electrons. The molecule has 2 aromatic rings. The molecule has 1 heterocycles. The highest BCUT2D eigenvalue weighted by Gasteiger charge is 2.05. The number of hydrogen-bond acceptors (Lipinski definition) is 4. The molecule has 0 aliphatic rings. The van der Waals surface area contributed by atoms with Crippen molar-refractivity contribution in [3.05, 3.63) is 42.5 Å². The lowest BCUT2D eigenvalue weighted by Crippen LogP contribution is -2.07. The van der Waals surface area contributed by atoms with Gasteiger partial charge in [-0.3, -0.25) is 0 Å². The Balaban J connectivity index is 1.89. The molecule has 2 N–H and O–H groups in total. The Labute approximate surface area is 119 Å². The number of aromatic nitrogens is 2. The molecule has 0 fully saturated rings. The summed E-state index contributed by atoms with van der Waals surface area (Å²) < 4.78 is 13.1. The second-order valence-corrected chi connectivity index (χ2v) is 4.51. The minimum atomic E-state index is 0.609. The van der Waals surface area contributed by atoms with Crippen LogP contribution in [0.2, 0.25) is 0 Å². The van der Waals surface area contributed by atoms with Gasteiger partial charge in [0.25, 0.3) is 0 Å². The minimum absolute atomic E-state index is 0.609. The highest BCUT2D eigenvalue weighted by Crippen LogP contribution is 2.25. The molecule has 0 unspecified atom stereocenters. The van der Waals surface area contributed by atoms with E-state index >= 15 is 0 Å². The molecule has 108 valence electrons. The Bertz CT molecular complexity index is 512. The number of ether oxygens (including phenoxy) is 2. The van der Waals surface area contributed by atoms with E-state index < -0.39 is 0 Å². The molecule has 0 saturated carbocycles. The minimum Gasteiger partial charge on any atom is -0.497 e. The van der Waals surface area contributed by atoms with Gasteiger partial charge in [-0.1, -0.05) is 6.07 Å². The highest BCUT2D eigenvalue weighted by molar-refractivity contribution is 5.40. The summed E-state index contributed by atoms with van der Waals surface area (Å²) in [5.74, 6) is 1.66. The van der Waals surface area contributed by atoms with Crippen LogP contribution in [0.15, 0.2) is 36.9 Å². The third kappa shape index (κ3) is 3.99. The summed E-state index contributed by atoms with van der Waals surface area (Å²) in [6, 6.07) is 5.86. The van der Waals surface area contributed by atoms with Crippen LogP contribution in [-0.2, 0) is 13.0 Å². The van der Waals surface area contributed by atoms with Gasteiger partial charge in [0.05, 0.1) is 20.0 Å². The molecule has 0 atom stereocenters. The van der Waals surface area contributed by atoms with Crippen molar-refractivity contribution < 1.29 is 9.47 Å². The van der Waals surface area contributed by atoms with Crippen molar-refractivity contribution in [3.63, 3.8) is 0 Å². The van der Waals surface area contributed by atoms with Gasteiger partial charge in [0.2, 0.25) is 0 Å². The number of nitrogens with two attached hydrogens (primary N) is 1. The molecule has 0 aliphatic carbocycles. The number of imidazole rings is 1. The number of rotatable bonds is 8. The molecule has 0 aliphatic heterocycles. The Morgan fingerprint density at radius 1 is 1.35 bits per heavy atom. The van der Waals surface area contributed by atoms with Gasteiger partial charge in [-0.15, -0.1) is 0 Å². The molecule has 0 bridgehead atoms. The predicted octanol–water partition coefficient (Wildman–Crippen LogP) is 1.86. The Kier molecular flexibility index (Phi) is 5.43. The number of methoxy groups -OCH3 is 1. The monoisotopic (exact) mass is 275 g/mol. The topological polar surface area (TPSA) is 62.3 Å². The van der Waals surface area contributed by atoms with Crippen LogP contribution >= 0.6 is 0 Å². The molecule has 20 heavy (non-hydrogen) atoms. The number of benzene rings is 1. The zero-order valence-corrected chi connectivity index (χ0v) is 11.8. The first-order chi connectivity index (χ1) is 9.83. The maximum atomic E-state index is 5.86. The van der Waals surface area contributed by atoms with Gasteiger partial charge in [0.15, 0.2) is 0 Å². The van der Waals surface area contributed by atoms with E-state index in [4.69, 9.17) is 15.2 Å². The number of nitrogens with zero attached hydrogens (tertiary/aromatic N) is 2. The van der Waals surface area contributed by atoms with Crippen molar-refractivity contribution >= 4 is 0 Å². The van der Waals surface area contributed by atoms with E-state index in [1.807, 2.05) is 35.3 Å². The first-order valence-corrected chi connectivity index (χ1v) is 6.79. The average Bonchev–Trinajstić information content (AvgIpc) is 2.98. The lowest BCUT2D eigenvalue weighted by molar-refractivity contribution is 0.296.